The zero-order valence-corrected chi connectivity index (χ0v) is 15.4. The average molecular weight is 365 g/mol. The predicted octanol–water partition coefficient (Wildman–Crippen LogP) is 5.10. The van der Waals surface area contributed by atoms with E-state index in [0.717, 1.165) is 49.8 Å². The van der Waals surface area contributed by atoms with Gasteiger partial charge in [0, 0.05) is 34.8 Å². The Kier molecular flexibility index (Phi) is 4.54. The number of ketones is 1. The van der Waals surface area contributed by atoms with Crippen LogP contribution in [0, 0.1) is 22.7 Å². The van der Waals surface area contributed by atoms with Crippen molar-refractivity contribution < 1.29 is 4.79 Å². The Bertz CT molecular complexity index is 886. The molecular weight excluding hydrogens is 344 g/mol. The number of nitrogens with zero attached hydrogens (tertiary/aromatic N) is 2. The predicted molar refractivity (Wildman–Crippen MR) is 102 cm³/mol. The van der Waals surface area contributed by atoms with Gasteiger partial charge >= 0.3 is 0 Å². The highest BCUT2D eigenvalue weighted by Gasteiger charge is 2.50. The summed E-state index contributed by atoms with van der Waals surface area (Å²) in [6.45, 7) is 0. The third-order valence-electron chi connectivity index (χ3n) is 5.91. The number of rotatable bonds is 3. The van der Waals surface area contributed by atoms with Crippen molar-refractivity contribution >= 4 is 17.4 Å². The van der Waals surface area contributed by atoms with Crippen LogP contribution in [0.4, 0.5) is 0 Å². The van der Waals surface area contributed by atoms with Gasteiger partial charge in [-0.2, -0.15) is 0 Å². The SMILES string of the molecule is O=C(CC12CCCC(C#Cc3cnccn3)(CC1)C2)c1cccc(Cl)c1. The number of carbonyl (C=O) groups is 1. The Morgan fingerprint density at radius 3 is 2.92 bits per heavy atom. The molecule has 0 amide bonds. The van der Waals surface area contributed by atoms with Crippen LogP contribution in [0.2, 0.25) is 5.02 Å². The number of Topliss-reactive ketones (excluding diaryl/α,β-unsaturated/α-hetero) is 1. The average Bonchev–Trinajstić information content (AvgIpc) is 2.91. The summed E-state index contributed by atoms with van der Waals surface area (Å²) >= 11 is 6.05. The van der Waals surface area contributed by atoms with E-state index in [4.69, 9.17) is 11.6 Å². The molecule has 2 unspecified atom stereocenters. The summed E-state index contributed by atoms with van der Waals surface area (Å²) in [5.41, 5.74) is 1.57. The van der Waals surface area contributed by atoms with Crippen LogP contribution in [0.5, 0.6) is 0 Å². The number of fused-ring (bicyclic) bond motifs is 2. The van der Waals surface area contributed by atoms with Crippen molar-refractivity contribution in [2.24, 2.45) is 10.8 Å². The minimum absolute atomic E-state index is 0.0321. The summed E-state index contributed by atoms with van der Waals surface area (Å²) in [5, 5.41) is 0.618. The number of hydrogen-bond donors (Lipinski definition) is 0. The standard InChI is InChI=1S/C22H21ClN2O/c23-18-4-1-3-17(13-18)20(26)14-22-7-2-6-21(16-22,9-10-22)8-5-19-15-24-11-12-25-19/h1,3-4,11-13,15H,2,6-7,9-10,14,16H2. The Hall–Kier alpha value is -2.18. The lowest BCUT2D eigenvalue weighted by Gasteiger charge is -2.36. The fourth-order valence-electron chi connectivity index (χ4n) is 4.70. The Labute approximate surface area is 159 Å². The number of halogens is 1. The number of hydrogen-bond acceptors (Lipinski definition) is 3. The molecule has 2 bridgehead atoms. The molecule has 2 aliphatic carbocycles. The Morgan fingerprint density at radius 2 is 2.12 bits per heavy atom. The summed E-state index contributed by atoms with van der Waals surface area (Å²) in [5.74, 6) is 6.92. The zero-order valence-electron chi connectivity index (χ0n) is 14.7. The van der Waals surface area contributed by atoms with E-state index >= 15 is 0 Å². The molecule has 132 valence electrons. The van der Waals surface area contributed by atoms with Gasteiger partial charge in [-0.1, -0.05) is 36.1 Å². The summed E-state index contributed by atoms with van der Waals surface area (Å²) in [7, 11) is 0. The third-order valence-corrected chi connectivity index (χ3v) is 6.15. The molecule has 4 heteroatoms. The van der Waals surface area contributed by atoms with Gasteiger partial charge in [0.2, 0.25) is 0 Å². The summed E-state index contributed by atoms with van der Waals surface area (Å²) in [6, 6.07) is 7.29. The lowest BCUT2D eigenvalue weighted by Crippen LogP contribution is -2.29. The minimum Gasteiger partial charge on any atom is -0.294 e. The molecule has 2 atom stereocenters. The first-order valence-corrected chi connectivity index (χ1v) is 9.54. The summed E-state index contributed by atoms with van der Waals surface area (Å²) in [4.78, 5) is 21.2. The molecule has 1 aromatic heterocycles. The van der Waals surface area contributed by atoms with Crippen LogP contribution in [0.3, 0.4) is 0 Å². The molecule has 2 aromatic rings. The van der Waals surface area contributed by atoms with Gasteiger partial charge in [0.25, 0.3) is 0 Å². The van der Waals surface area contributed by atoms with Crippen molar-refractivity contribution in [3.8, 4) is 11.8 Å². The molecule has 2 aliphatic rings. The van der Waals surface area contributed by atoms with Crippen molar-refractivity contribution in [3.05, 3.63) is 59.1 Å². The smallest absolute Gasteiger partial charge is 0.163 e. The van der Waals surface area contributed by atoms with Crippen molar-refractivity contribution in [2.45, 2.75) is 44.9 Å². The lowest BCUT2D eigenvalue weighted by atomic mass is 9.67. The molecule has 1 heterocycles. The molecule has 0 N–H and O–H groups in total. The van der Waals surface area contributed by atoms with Gasteiger partial charge < -0.3 is 0 Å². The van der Waals surface area contributed by atoms with Gasteiger partial charge in [-0.15, -0.1) is 0 Å². The van der Waals surface area contributed by atoms with Crippen LogP contribution in [-0.4, -0.2) is 15.8 Å². The second-order valence-electron chi connectivity index (χ2n) is 7.76. The maximum atomic E-state index is 12.8. The number of benzene rings is 1. The van der Waals surface area contributed by atoms with E-state index in [1.807, 2.05) is 12.1 Å². The second kappa shape index (κ2) is 6.85. The quantitative estimate of drug-likeness (QED) is 0.562. The molecule has 1 aromatic carbocycles. The highest BCUT2D eigenvalue weighted by molar-refractivity contribution is 6.31. The van der Waals surface area contributed by atoms with E-state index in [1.165, 1.54) is 0 Å². The highest BCUT2D eigenvalue weighted by Crippen LogP contribution is 2.60. The largest absolute Gasteiger partial charge is 0.294 e. The molecule has 26 heavy (non-hydrogen) atoms. The van der Waals surface area contributed by atoms with Gasteiger partial charge in [-0.05, 0) is 55.6 Å². The van der Waals surface area contributed by atoms with Crippen LogP contribution in [0.1, 0.15) is 61.0 Å². The Balaban J connectivity index is 1.52. The molecule has 4 rings (SSSR count). The van der Waals surface area contributed by atoms with Crippen molar-refractivity contribution in [1.82, 2.24) is 9.97 Å². The van der Waals surface area contributed by atoms with E-state index in [1.54, 1.807) is 30.7 Å². The van der Waals surface area contributed by atoms with E-state index in [-0.39, 0.29) is 16.6 Å². The van der Waals surface area contributed by atoms with Crippen molar-refractivity contribution in [3.63, 3.8) is 0 Å². The Morgan fingerprint density at radius 1 is 1.19 bits per heavy atom. The number of aromatic nitrogens is 2. The number of carbonyl (C=O) groups excluding carboxylic acids is 1. The monoisotopic (exact) mass is 364 g/mol. The van der Waals surface area contributed by atoms with Crippen LogP contribution in [0.15, 0.2) is 42.9 Å². The van der Waals surface area contributed by atoms with Crippen LogP contribution in [-0.2, 0) is 0 Å². The fraction of sp³-hybridized carbons (Fsp3) is 0.409. The fourth-order valence-corrected chi connectivity index (χ4v) is 4.89. The topological polar surface area (TPSA) is 42.9 Å². The lowest BCUT2D eigenvalue weighted by molar-refractivity contribution is 0.0862. The molecule has 2 saturated carbocycles. The van der Waals surface area contributed by atoms with E-state index in [2.05, 4.69) is 21.8 Å². The maximum Gasteiger partial charge on any atom is 0.163 e. The van der Waals surface area contributed by atoms with Gasteiger partial charge in [0.1, 0.15) is 5.69 Å². The van der Waals surface area contributed by atoms with Gasteiger partial charge in [0.15, 0.2) is 5.78 Å². The molecule has 0 saturated heterocycles. The third kappa shape index (κ3) is 3.52. The molecule has 0 radical (unpaired) electrons. The van der Waals surface area contributed by atoms with Crippen LogP contribution < -0.4 is 0 Å². The molecule has 0 spiro atoms. The maximum absolute atomic E-state index is 12.8. The minimum atomic E-state index is 0.0321. The van der Waals surface area contributed by atoms with E-state index in [0.29, 0.717) is 11.4 Å². The molecule has 3 nitrogen and oxygen atoms in total. The first-order chi connectivity index (χ1) is 12.6. The molecule has 0 aliphatic heterocycles. The van der Waals surface area contributed by atoms with Crippen LogP contribution in [0.25, 0.3) is 0 Å². The second-order valence-corrected chi connectivity index (χ2v) is 8.20. The first kappa shape index (κ1) is 17.2. The van der Waals surface area contributed by atoms with Gasteiger partial charge in [-0.3, -0.25) is 9.78 Å². The summed E-state index contributed by atoms with van der Waals surface area (Å²) < 4.78 is 0. The zero-order chi connectivity index (χ0) is 18.0. The van der Waals surface area contributed by atoms with E-state index < -0.39 is 0 Å². The van der Waals surface area contributed by atoms with Gasteiger partial charge in [0.05, 0.1) is 6.20 Å². The van der Waals surface area contributed by atoms with Crippen molar-refractivity contribution in [2.75, 3.05) is 0 Å². The molecule has 2 fully saturated rings. The summed E-state index contributed by atoms with van der Waals surface area (Å²) in [6.07, 6.45) is 12.2. The normalized spacial score (nSPS) is 26.8. The molecular formula is C22H21ClN2O. The highest BCUT2D eigenvalue weighted by atomic mass is 35.5. The van der Waals surface area contributed by atoms with E-state index in [9.17, 15) is 4.79 Å². The van der Waals surface area contributed by atoms with Crippen LogP contribution >= 0.6 is 11.6 Å². The van der Waals surface area contributed by atoms with Gasteiger partial charge in [-0.25, -0.2) is 4.98 Å². The first-order valence-electron chi connectivity index (χ1n) is 9.16. The van der Waals surface area contributed by atoms with Crippen molar-refractivity contribution in [1.29, 1.82) is 0 Å².